The summed E-state index contributed by atoms with van der Waals surface area (Å²) in [5.41, 5.74) is 12.7. The second kappa shape index (κ2) is 11.3. The van der Waals surface area contributed by atoms with E-state index in [-0.39, 0.29) is 23.7 Å². The van der Waals surface area contributed by atoms with E-state index in [2.05, 4.69) is 24.5 Å². The molecule has 1 aromatic heterocycles. The van der Waals surface area contributed by atoms with E-state index >= 15 is 0 Å². The Kier molecular flexibility index (Phi) is 8.46. The van der Waals surface area contributed by atoms with Gasteiger partial charge in [0.1, 0.15) is 17.1 Å². The molecule has 3 amide bonds. The number of urea groups is 1. The van der Waals surface area contributed by atoms with Crippen LogP contribution in [0.25, 0.3) is 10.4 Å². The molecule has 1 aliphatic carbocycles. The maximum atomic E-state index is 12.8. The van der Waals surface area contributed by atoms with Crippen LogP contribution in [-0.4, -0.2) is 30.1 Å². The molecular weight excluding hydrogens is 440 g/mol. The maximum Gasteiger partial charge on any atom is 0.323 e. The van der Waals surface area contributed by atoms with E-state index in [0.717, 1.165) is 41.7 Å². The average molecular weight is 473 g/mol. The minimum atomic E-state index is -0.760. The zero-order chi connectivity index (χ0) is 24.0. The molecule has 1 fully saturated rings. The molecule has 0 unspecified atom stereocenters. The highest BCUT2D eigenvalue weighted by atomic mass is 32.1. The number of nitrogens with one attached hydrogen (secondary N) is 2. The molecular formula is C24H32N4O4S. The molecule has 0 saturated heterocycles. The van der Waals surface area contributed by atoms with E-state index in [9.17, 15) is 14.4 Å². The number of amides is 3. The number of benzene rings is 1. The Morgan fingerprint density at radius 3 is 2.52 bits per heavy atom. The molecule has 6 N–H and O–H groups in total. The van der Waals surface area contributed by atoms with Gasteiger partial charge in [0.05, 0.1) is 5.56 Å². The van der Waals surface area contributed by atoms with Crippen molar-refractivity contribution >= 4 is 34.2 Å². The van der Waals surface area contributed by atoms with Crippen molar-refractivity contribution in [3.05, 3.63) is 41.5 Å². The lowest BCUT2D eigenvalue weighted by atomic mass is 10.0. The van der Waals surface area contributed by atoms with Crippen LogP contribution < -0.4 is 22.1 Å². The second-order valence-electron chi connectivity index (χ2n) is 8.81. The molecule has 33 heavy (non-hydrogen) atoms. The summed E-state index contributed by atoms with van der Waals surface area (Å²) in [6.45, 7) is 4.66. The highest BCUT2D eigenvalue weighted by molar-refractivity contribution is 7.20. The summed E-state index contributed by atoms with van der Waals surface area (Å²) >= 11 is 1.23. The van der Waals surface area contributed by atoms with Crippen LogP contribution in [0.4, 0.5) is 9.80 Å². The van der Waals surface area contributed by atoms with Gasteiger partial charge in [0.25, 0.3) is 5.91 Å². The summed E-state index contributed by atoms with van der Waals surface area (Å²) in [5, 5.41) is 6.13. The third kappa shape index (κ3) is 7.03. The van der Waals surface area contributed by atoms with Crippen molar-refractivity contribution in [2.24, 2.45) is 17.4 Å². The van der Waals surface area contributed by atoms with Crippen LogP contribution in [0.5, 0.6) is 0 Å². The van der Waals surface area contributed by atoms with E-state index in [1.165, 1.54) is 11.3 Å². The lowest BCUT2D eigenvalue weighted by molar-refractivity contribution is -0.151. The molecule has 1 aromatic carbocycles. The second-order valence-corrected chi connectivity index (χ2v) is 9.87. The molecule has 1 atom stereocenters. The standard InChI is InChI=1S/C24H32N4O4S/c1-14(2)10-19(23(30)32-17-8-3-4-9-17)27-13-15-6-5-7-16(11-15)20-12-18(21(25)29)22(33-20)28-24(26)31/h5-7,11-12,14,17,19,27H,3-4,8-10,13H2,1-2H3,(H2,25,29)(H3,26,28,31)/t19-/m1/s1. The number of hydrogen-bond donors (Lipinski definition) is 4. The average Bonchev–Trinajstić information content (AvgIpc) is 3.40. The topological polar surface area (TPSA) is 137 Å². The van der Waals surface area contributed by atoms with Crippen LogP contribution in [0.1, 0.15) is 61.9 Å². The van der Waals surface area contributed by atoms with Crippen molar-refractivity contribution in [1.29, 1.82) is 0 Å². The molecule has 0 aliphatic heterocycles. The Labute approximate surface area is 198 Å². The van der Waals surface area contributed by atoms with Gasteiger partial charge in [-0.2, -0.15) is 0 Å². The van der Waals surface area contributed by atoms with Gasteiger partial charge < -0.3 is 21.5 Å². The van der Waals surface area contributed by atoms with E-state index in [1.807, 2.05) is 24.3 Å². The van der Waals surface area contributed by atoms with Gasteiger partial charge >= 0.3 is 12.0 Å². The number of thiophene rings is 1. The lowest BCUT2D eigenvalue weighted by Crippen LogP contribution is -2.40. The van der Waals surface area contributed by atoms with E-state index in [0.29, 0.717) is 23.9 Å². The fourth-order valence-electron chi connectivity index (χ4n) is 3.98. The van der Waals surface area contributed by atoms with Crippen molar-refractivity contribution in [3.8, 4) is 10.4 Å². The zero-order valence-electron chi connectivity index (χ0n) is 19.1. The number of ether oxygens (including phenoxy) is 1. The predicted octanol–water partition coefficient (Wildman–Crippen LogP) is 3.99. The molecule has 1 heterocycles. The summed E-state index contributed by atoms with van der Waals surface area (Å²) in [6, 6.07) is 8.28. The van der Waals surface area contributed by atoms with Gasteiger partial charge in [0, 0.05) is 11.4 Å². The van der Waals surface area contributed by atoms with Crippen LogP contribution in [0.2, 0.25) is 0 Å². The van der Waals surface area contributed by atoms with Gasteiger partial charge in [-0.25, -0.2) is 4.79 Å². The molecule has 1 saturated carbocycles. The largest absolute Gasteiger partial charge is 0.461 e. The first kappa shape index (κ1) is 24.7. The predicted molar refractivity (Wildman–Crippen MR) is 130 cm³/mol. The van der Waals surface area contributed by atoms with E-state index in [4.69, 9.17) is 16.2 Å². The van der Waals surface area contributed by atoms with Crippen molar-refractivity contribution in [3.63, 3.8) is 0 Å². The number of carbonyl (C=O) groups is 3. The lowest BCUT2D eigenvalue weighted by Gasteiger charge is -2.22. The Balaban J connectivity index is 1.72. The first-order valence-electron chi connectivity index (χ1n) is 11.3. The van der Waals surface area contributed by atoms with Crippen LogP contribution in [0.15, 0.2) is 30.3 Å². The molecule has 178 valence electrons. The number of esters is 1. The molecule has 0 spiro atoms. The summed E-state index contributed by atoms with van der Waals surface area (Å²) in [5.74, 6) is -0.478. The fraction of sp³-hybridized carbons (Fsp3) is 0.458. The summed E-state index contributed by atoms with van der Waals surface area (Å²) < 4.78 is 5.74. The van der Waals surface area contributed by atoms with Crippen LogP contribution in [-0.2, 0) is 16.1 Å². The maximum absolute atomic E-state index is 12.8. The normalized spacial score (nSPS) is 14.9. The third-order valence-electron chi connectivity index (χ3n) is 5.57. The van der Waals surface area contributed by atoms with Crippen LogP contribution in [0.3, 0.4) is 0 Å². The molecule has 2 aromatic rings. The molecule has 9 heteroatoms. The first-order valence-corrected chi connectivity index (χ1v) is 12.1. The molecule has 3 rings (SSSR count). The van der Waals surface area contributed by atoms with Crippen molar-refractivity contribution < 1.29 is 19.1 Å². The van der Waals surface area contributed by atoms with Crippen LogP contribution >= 0.6 is 11.3 Å². The van der Waals surface area contributed by atoms with Crippen molar-refractivity contribution in [1.82, 2.24) is 5.32 Å². The number of carbonyl (C=O) groups excluding carboxylic acids is 3. The Bertz CT molecular complexity index is 998. The number of nitrogens with two attached hydrogens (primary N) is 2. The summed E-state index contributed by atoms with van der Waals surface area (Å²) in [6.07, 6.45) is 4.86. The third-order valence-corrected chi connectivity index (χ3v) is 6.67. The smallest absolute Gasteiger partial charge is 0.323 e. The first-order chi connectivity index (χ1) is 15.7. The van der Waals surface area contributed by atoms with Gasteiger partial charge in [0.15, 0.2) is 0 Å². The number of anilines is 1. The minimum absolute atomic E-state index is 0.0405. The van der Waals surface area contributed by atoms with Gasteiger partial charge in [-0.15, -0.1) is 11.3 Å². The van der Waals surface area contributed by atoms with Gasteiger partial charge in [0.2, 0.25) is 0 Å². The Morgan fingerprint density at radius 1 is 1.15 bits per heavy atom. The fourth-order valence-corrected chi connectivity index (χ4v) is 5.05. The highest BCUT2D eigenvalue weighted by Crippen LogP contribution is 2.35. The van der Waals surface area contributed by atoms with Crippen LogP contribution in [0, 0.1) is 5.92 Å². The van der Waals surface area contributed by atoms with E-state index in [1.54, 1.807) is 6.07 Å². The van der Waals surface area contributed by atoms with E-state index < -0.39 is 11.9 Å². The van der Waals surface area contributed by atoms with Gasteiger partial charge in [-0.05, 0) is 61.3 Å². The molecule has 0 bridgehead atoms. The molecule has 8 nitrogen and oxygen atoms in total. The quantitative estimate of drug-likeness (QED) is 0.388. The van der Waals surface area contributed by atoms with Gasteiger partial charge in [-0.1, -0.05) is 32.0 Å². The SMILES string of the molecule is CC(C)C[C@@H](NCc1cccc(-c2cc(C(N)=O)c(NC(N)=O)s2)c1)C(=O)OC1CCCC1. The summed E-state index contributed by atoms with van der Waals surface area (Å²) in [4.78, 5) is 36.5. The number of rotatable bonds is 10. The minimum Gasteiger partial charge on any atom is -0.461 e. The van der Waals surface area contributed by atoms with Gasteiger partial charge in [-0.3, -0.25) is 14.9 Å². The molecule has 1 aliphatic rings. The number of primary amides is 2. The van der Waals surface area contributed by atoms with Crippen molar-refractivity contribution in [2.45, 2.75) is 64.6 Å². The monoisotopic (exact) mass is 472 g/mol. The highest BCUT2D eigenvalue weighted by Gasteiger charge is 2.26. The Morgan fingerprint density at radius 2 is 1.88 bits per heavy atom. The Hall–Kier alpha value is -2.91. The molecule has 0 radical (unpaired) electrons. The zero-order valence-corrected chi connectivity index (χ0v) is 19.9. The number of hydrogen-bond acceptors (Lipinski definition) is 6. The summed E-state index contributed by atoms with van der Waals surface area (Å²) in [7, 11) is 0. The van der Waals surface area contributed by atoms with Crippen molar-refractivity contribution in [2.75, 3.05) is 5.32 Å².